The first-order valence-corrected chi connectivity index (χ1v) is 14.0. The lowest BCUT2D eigenvalue weighted by atomic mass is 10.0. The maximum atomic E-state index is 13.1. The van der Waals surface area contributed by atoms with E-state index >= 15 is 0 Å². The Morgan fingerprint density at radius 2 is 1.50 bits per heavy atom. The number of hydrogen-bond acceptors (Lipinski definition) is 6. The van der Waals surface area contributed by atoms with Crippen molar-refractivity contribution in [2.45, 2.75) is 59.5 Å². The van der Waals surface area contributed by atoms with Gasteiger partial charge in [0.05, 0.1) is 18.4 Å². The Kier molecular flexibility index (Phi) is 8.87. The smallest absolute Gasteiger partial charge is 0.416 e. The molecule has 3 aromatic carbocycles. The molecule has 0 aliphatic rings. The van der Waals surface area contributed by atoms with Crippen molar-refractivity contribution < 1.29 is 32.5 Å². The van der Waals surface area contributed by atoms with E-state index in [1.54, 1.807) is 7.11 Å². The molecule has 0 fully saturated rings. The standard InChI is InChI=1S/C32H33F3N2O4S/c1-19-15-23(16-20(2)27(19)41-31(4,5)30(38)39)18-37(17-22-7-13-26(40-6)14-8-22)29-21(3)36-28(42-29)24-9-11-25(12-10-24)32(33,34)35/h7-16H,17-18H2,1-6H3,(H,38,39). The van der Waals surface area contributed by atoms with Gasteiger partial charge in [-0.15, -0.1) is 0 Å². The monoisotopic (exact) mass is 598 g/mol. The number of thiazole rings is 1. The van der Waals surface area contributed by atoms with Crippen LogP contribution in [0.25, 0.3) is 10.6 Å². The molecule has 42 heavy (non-hydrogen) atoms. The van der Waals surface area contributed by atoms with Crippen LogP contribution in [-0.2, 0) is 24.1 Å². The number of hydrogen-bond donors (Lipinski definition) is 1. The molecule has 0 amide bonds. The molecule has 6 nitrogen and oxygen atoms in total. The largest absolute Gasteiger partial charge is 0.497 e. The van der Waals surface area contributed by atoms with Crippen molar-refractivity contribution in [3.63, 3.8) is 0 Å². The van der Waals surface area contributed by atoms with Crippen LogP contribution in [0.1, 0.15) is 47.4 Å². The van der Waals surface area contributed by atoms with Crippen molar-refractivity contribution in [1.29, 1.82) is 0 Å². The van der Waals surface area contributed by atoms with Gasteiger partial charge < -0.3 is 19.5 Å². The number of aryl methyl sites for hydroxylation is 3. The summed E-state index contributed by atoms with van der Waals surface area (Å²) in [4.78, 5) is 18.5. The third kappa shape index (κ3) is 7.05. The Morgan fingerprint density at radius 3 is 2.02 bits per heavy atom. The summed E-state index contributed by atoms with van der Waals surface area (Å²) >= 11 is 1.42. The van der Waals surface area contributed by atoms with Gasteiger partial charge in [0.25, 0.3) is 0 Å². The number of nitrogens with zero attached hydrogens (tertiary/aromatic N) is 2. The zero-order valence-corrected chi connectivity index (χ0v) is 25.1. The number of carboxylic acids is 1. The molecule has 0 bridgehead atoms. The van der Waals surface area contributed by atoms with Crippen LogP contribution in [-0.4, -0.2) is 28.8 Å². The fourth-order valence-electron chi connectivity index (χ4n) is 4.57. The lowest BCUT2D eigenvalue weighted by molar-refractivity contribution is -0.152. The van der Waals surface area contributed by atoms with Gasteiger partial charge in [-0.1, -0.05) is 47.7 Å². The molecule has 1 heterocycles. The number of ether oxygens (including phenoxy) is 2. The summed E-state index contributed by atoms with van der Waals surface area (Å²) in [6.45, 7) is 9.74. The van der Waals surface area contributed by atoms with Gasteiger partial charge in [-0.2, -0.15) is 13.2 Å². The minimum absolute atomic E-state index is 0.506. The highest BCUT2D eigenvalue weighted by molar-refractivity contribution is 7.19. The van der Waals surface area contributed by atoms with Gasteiger partial charge in [-0.25, -0.2) is 9.78 Å². The molecule has 0 radical (unpaired) electrons. The lowest BCUT2D eigenvalue weighted by Crippen LogP contribution is -2.38. The fourth-order valence-corrected chi connectivity index (χ4v) is 5.64. The van der Waals surface area contributed by atoms with Crippen LogP contribution >= 0.6 is 11.3 Å². The molecule has 10 heteroatoms. The van der Waals surface area contributed by atoms with Gasteiger partial charge >= 0.3 is 12.1 Å². The van der Waals surface area contributed by atoms with Crippen molar-refractivity contribution in [3.05, 3.63) is 94.2 Å². The minimum Gasteiger partial charge on any atom is -0.497 e. The Bertz CT molecular complexity index is 1540. The minimum atomic E-state index is -4.40. The van der Waals surface area contributed by atoms with E-state index in [9.17, 15) is 23.1 Å². The molecule has 1 aromatic heterocycles. The Labute approximate surface area is 247 Å². The summed E-state index contributed by atoms with van der Waals surface area (Å²) in [6.07, 6.45) is -4.40. The summed E-state index contributed by atoms with van der Waals surface area (Å²) in [7, 11) is 1.61. The quantitative estimate of drug-likeness (QED) is 0.198. The number of aromatic nitrogens is 1. The molecule has 0 aliphatic carbocycles. The number of aliphatic carboxylic acids is 1. The molecule has 0 saturated heterocycles. The topological polar surface area (TPSA) is 71.9 Å². The van der Waals surface area contributed by atoms with Crippen molar-refractivity contribution in [1.82, 2.24) is 4.98 Å². The van der Waals surface area contributed by atoms with E-state index in [1.807, 2.05) is 57.2 Å². The van der Waals surface area contributed by atoms with E-state index in [4.69, 9.17) is 14.5 Å². The maximum absolute atomic E-state index is 13.1. The first-order chi connectivity index (χ1) is 19.7. The van der Waals surface area contributed by atoms with E-state index < -0.39 is 23.3 Å². The summed E-state index contributed by atoms with van der Waals surface area (Å²) in [5.74, 6) is 0.224. The van der Waals surface area contributed by atoms with Crippen molar-refractivity contribution in [2.24, 2.45) is 0 Å². The lowest BCUT2D eigenvalue weighted by Gasteiger charge is -2.27. The van der Waals surface area contributed by atoms with Crippen LogP contribution < -0.4 is 14.4 Å². The summed E-state index contributed by atoms with van der Waals surface area (Å²) in [5.41, 5.74) is 2.95. The predicted molar refractivity (Wildman–Crippen MR) is 158 cm³/mol. The molecule has 0 saturated carbocycles. The van der Waals surface area contributed by atoms with E-state index in [1.165, 1.54) is 37.3 Å². The summed E-state index contributed by atoms with van der Waals surface area (Å²) in [6, 6.07) is 16.8. The third-order valence-corrected chi connectivity index (χ3v) is 8.08. The van der Waals surface area contributed by atoms with Crippen LogP contribution in [0.4, 0.5) is 18.2 Å². The number of carboxylic acid groups (broad SMARTS) is 1. The highest BCUT2D eigenvalue weighted by Crippen LogP contribution is 2.38. The van der Waals surface area contributed by atoms with Crippen molar-refractivity contribution >= 4 is 22.3 Å². The number of rotatable bonds is 10. The second kappa shape index (κ2) is 12.1. The molecule has 0 unspecified atom stereocenters. The normalized spacial score (nSPS) is 11.8. The number of anilines is 1. The van der Waals surface area contributed by atoms with Crippen LogP contribution in [0.15, 0.2) is 60.7 Å². The van der Waals surface area contributed by atoms with Crippen LogP contribution in [0.2, 0.25) is 0 Å². The van der Waals surface area contributed by atoms with Crippen LogP contribution in [0, 0.1) is 20.8 Å². The van der Waals surface area contributed by atoms with E-state index in [0.29, 0.717) is 29.4 Å². The van der Waals surface area contributed by atoms with Crippen LogP contribution in [0.3, 0.4) is 0 Å². The summed E-state index contributed by atoms with van der Waals surface area (Å²) in [5, 5.41) is 11.0. The average Bonchev–Trinajstić information content (AvgIpc) is 3.32. The zero-order chi connectivity index (χ0) is 30.8. The van der Waals surface area contributed by atoms with Gasteiger partial charge in [0.2, 0.25) is 0 Å². The molecule has 0 spiro atoms. The highest BCUT2D eigenvalue weighted by atomic mass is 32.1. The second-order valence-electron chi connectivity index (χ2n) is 10.7. The first-order valence-electron chi connectivity index (χ1n) is 13.2. The van der Waals surface area contributed by atoms with Crippen LogP contribution in [0.5, 0.6) is 11.5 Å². The van der Waals surface area contributed by atoms with Gasteiger partial charge in [0.1, 0.15) is 21.5 Å². The van der Waals surface area contributed by atoms with Gasteiger partial charge in [-0.3, -0.25) is 0 Å². The predicted octanol–water partition coefficient (Wildman–Crippen LogP) is 8.21. The fraction of sp³-hybridized carbons (Fsp3) is 0.312. The summed E-state index contributed by atoms with van der Waals surface area (Å²) < 4.78 is 50.5. The maximum Gasteiger partial charge on any atom is 0.416 e. The SMILES string of the molecule is COc1ccc(CN(Cc2cc(C)c(OC(C)(C)C(=O)O)c(C)c2)c2sc(-c3ccc(C(F)(F)F)cc3)nc2C)cc1. The molecule has 0 aliphatic heterocycles. The number of benzene rings is 3. The molecule has 0 atom stereocenters. The van der Waals surface area contributed by atoms with E-state index in [-0.39, 0.29) is 0 Å². The number of methoxy groups -OCH3 is 1. The second-order valence-corrected chi connectivity index (χ2v) is 11.6. The Hall–Kier alpha value is -4.05. The molecular formula is C32H33F3N2O4S. The highest BCUT2D eigenvalue weighted by Gasteiger charge is 2.31. The molecule has 1 N–H and O–H groups in total. The third-order valence-electron chi connectivity index (χ3n) is 6.82. The van der Waals surface area contributed by atoms with Gasteiger partial charge in [-0.05, 0) is 81.1 Å². The number of carbonyl (C=O) groups is 1. The van der Waals surface area contributed by atoms with E-state index in [0.717, 1.165) is 50.8 Å². The molecule has 4 aromatic rings. The molecule has 222 valence electrons. The molecule has 4 rings (SSSR count). The number of halogens is 3. The van der Waals surface area contributed by atoms with E-state index in [2.05, 4.69) is 4.90 Å². The van der Waals surface area contributed by atoms with Gasteiger partial charge in [0.15, 0.2) is 5.60 Å². The Morgan fingerprint density at radius 1 is 0.929 bits per heavy atom. The molecular weight excluding hydrogens is 565 g/mol. The Balaban J connectivity index is 1.69. The van der Waals surface area contributed by atoms with Crippen molar-refractivity contribution in [3.8, 4) is 22.1 Å². The first kappa shape index (κ1) is 30.9. The zero-order valence-electron chi connectivity index (χ0n) is 24.3. The van der Waals surface area contributed by atoms with Gasteiger partial charge in [0, 0.05) is 18.7 Å². The number of alkyl halides is 3. The average molecular weight is 599 g/mol. The van der Waals surface area contributed by atoms with Crippen molar-refractivity contribution in [2.75, 3.05) is 12.0 Å².